The number of piperidine rings is 1. The summed E-state index contributed by atoms with van der Waals surface area (Å²) in [6.07, 6.45) is 10.2. The van der Waals surface area contributed by atoms with E-state index in [1.807, 2.05) is 11.8 Å². The van der Waals surface area contributed by atoms with E-state index in [0.29, 0.717) is 17.2 Å². The molecule has 2 N–H and O–H groups in total. The lowest BCUT2D eigenvalue weighted by Crippen LogP contribution is -2.44. The smallest absolute Gasteiger partial charge is 0.220 e. The van der Waals surface area contributed by atoms with Crippen molar-refractivity contribution in [2.24, 2.45) is 5.92 Å². The molecular formula is C14H26N2OS. The number of hydrogen-bond donors (Lipinski definition) is 2. The van der Waals surface area contributed by atoms with Gasteiger partial charge in [0.05, 0.1) is 0 Å². The number of nitrogens with one attached hydrogen (secondary N) is 2. The Morgan fingerprint density at radius 3 is 2.67 bits per heavy atom. The molecule has 2 rings (SSSR count). The third-order valence-corrected chi connectivity index (χ3v) is 5.45. The van der Waals surface area contributed by atoms with E-state index in [4.69, 9.17) is 0 Å². The molecule has 18 heavy (non-hydrogen) atoms. The molecule has 1 saturated heterocycles. The first-order chi connectivity index (χ1) is 8.79. The maximum Gasteiger partial charge on any atom is 0.220 e. The van der Waals surface area contributed by atoms with Gasteiger partial charge in [0.1, 0.15) is 0 Å². The van der Waals surface area contributed by atoms with Crippen LogP contribution in [0.3, 0.4) is 0 Å². The quantitative estimate of drug-likeness (QED) is 0.822. The van der Waals surface area contributed by atoms with Gasteiger partial charge in [0.2, 0.25) is 5.91 Å². The van der Waals surface area contributed by atoms with Gasteiger partial charge in [-0.25, -0.2) is 0 Å². The Balaban J connectivity index is 1.75. The zero-order valence-corrected chi connectivity index (χ0v) is 12.2. The minimum absolute atomic E-state index is 0.285. The first kappa shape index (κ1) is 14.2. The lowest BCUT2D eigenvalue weighted by atomic mass is 9.92. The molecule has 1 heterocycles. The number of carbonyl (C=O) groups excluding carboxylic acids is 1. The highest BCUT2D eigenvalue weighted by Crippen LogP contribution is 2.27. The van der Waals surface area contributed by atoms with Crippen LogP contribution in [-0.2, 0) is 4.79 Å². The fourth-order valence-electron chi connectivity index (χ4n) is 3.16. The molecular weight excluding hydrogens is 244 g/mol. The van der Waals surface area contributed by atoms with Gasteiger partial charge in [0, 0.05) is 17.7 Å². The van der Waals surface area contributed by atoms with Gasteiger partial charge in [0.25, 0.3) is 0 Å². The lowest BCUT2D eigenvalue weighted by Gasteiger charge is -2.31. The molecule has 1 aliphatic heterocycles. The van der Waals surface area contributed by atoms with Crippen LogP contribution in [0.4, 0.5) is 0 Å². The topological polar surface area (TPSA) is 41.1 Å². The Morgan fingerprint density at radius 1 is 1.22 bits per heavy atom. The molecule has 104 valence electrons. The van der Waals surface area contributed by atoms with Crippen LogP contribution in [0, 0.1) is 5.92 Å². The van der Waals surface area contributed by atoms with Crippen molar-refractivity contribution in [1.29, 1.82) is 0 Å². The summed E-state index contributed by atoms with van der Waals surface area (Å²) in [5.41, 5.74) is 0. The summed E-state index contributed by atoms with van der Waals surface area (Å²) in [5, 5.41) is 7.27. The van der Waals surface area contributed by atoms with Gasteiger partial charge in [-0.1, -0.05) is 12.8 Å². The van der Waals surface area contributed by atoms with E-state index in [1.165, 1.54) is 25.7 Å². The second-order valence-corrected chi connectivity index (χ2v) is 6.71. The molecule has 2 fully saturated rings. The molecule has 2 unspecified atom stereocenters. The van der Waals surface area contributed by atoms with Gasteiger partial charge in [0.15, 0.2) is 0 Å². The summed E-state index contributed by atoms with van der Waals surface area (Å²) in [7, 11) is 0. The van der Waals surface area contributed by atoms with Gasteiger partial charge in [-0.3, -0.25) is 4.79 Å². The van der Waals surface area contributed by atoms with E-state index in [1.54, 1.807) is 0 Å². The minimum Gasteiger partial charge on any atom is -0.352 e. The molecule has 1 aliphatic carbocycles. The summed E-state index contributed by atoms with van der Waals surface area (Å²) < 4.78 is 0. The van der Waals surface area contributed by atoms with Gasteiger partial charge in [-0.15, -0.1) is 0 Å². The van der Waals surface area contributed by atoms with Gasteiger partial charge in [-0.2, -0.15) is 11.8 Å². The third kappa shape index (κ3) is 4.16. The van der Waals surface area contributed by atoms with Crippen molar-refractivity contribution in [2.75, 3.05) is 19.3 Å². The molecule has 1 amide bonds. The van der Waals surface area contributed by atoms with Crippen molar-refractivity contribution < 1.29 is 4.79 Å². The largest absolute Gasteiger partial charge is 0.352 e. The number of hydrogen-bond acceptors (Lipinski definition) is 3. The van der Waals surface area contributed by atoms with Crippen LogP contribution >= 0.6 is 11.8 Å². The summed E-state index contributed by atoms with van der Waals surface area (Å²) in [4.78, 5) is 12.1. The van der Waals surface area contributed by atoms with E-state index in [-0.39, 0.29) is 5.91 Å². The van der Waals surface area contributed by atoms with Gasteiger partial charge >= 0.3 is 0 Å². The number of rotatable bonds is 4. The lowest BCUT2D eigenvalue weighted by molar-refractivity contribution is -0.123. The Labute approximate surface area is 115 Å². The zero-order valence-electron chi connectivity index (χ0n) is 11.4. The molecule has 1 saturated carbocycles. The first-order valence-corrected chi connectivity index (χ1v) is 8.61. The van der Waals surface area contributed by atoms with E-state index in [9.17, 15) is 4.79 Å². The SMILES string of the molecule is CSC1CCCCC1NC(=O)CC1CCNCC1. The predicted octanol–water partition coefficient (Wildman–Crippen LogP) is 2.17. The minimum atomic E-state index is 0.285. The molecule has 4 heteroatoms. The molecule has 0 spiro atoms. The highest BCUT2D eigenvalue weighted by molar-refractivity contribution is 7.99. The predicted molar refractivity (Wildman–Crippen MR) is 77.9 cm³/mol. The number of amides is 1. The fraction of sp³-hybridized carbons (Fsp3) is 0.929. The average Bonchev–Trinajstić information content (AvgIpc) is 2.40. The standard InChI is InChI=1S/C14H26N2OS/c1-18-13-5-3-2-4-12(13)16-14(17)10-11-6-8-15-9-7-11/h11-13,15H,2-10H2,1H3,(H,16,17). The molecule has 3 nitrogen and oxygen atoms in total. The summed E-state index contributed by atoms with van der Waals surface area (Å²) in [6.45, 7) is 2.16. The van der Waals surface area contributed by atoms with Gasteiger partial charge in [-0.05, 0) is 50.9 Å². The van der Waals surface area contributed by atoms with E-state index in [0.717, 1.165) is 32.4 Å². The normalized spacial score (nSPS) is 30.1. The molecule has 0 bridgehead atoms. The van der Waals surface area contributed by atoms with Crippen molar-refractivity contribution >= 4 is 17.7 Å². The van der Waals surface area contributed by atoms with Crippen molar-refractivity contribution in [2.45, 2.75) is 56.2 Å². The average molecular weight is 270 g/mol. The molecule has 2 aliphatic rings. The van der Waals surface area contributed by atoms with Crippen LogP contribution in [0.5, 0.6) is 0 Å². The van der Waals surface area contributed by atoms with Crippen LogP contribution in [0.2, 0.25) is 0 Å². The summed E-state index contributed by atoms with van der Waals surface area (Å²) in [6, 6.07) is 0.419. The van der Waals surface area contributed by atoms with E-state index in [2.05, 4.69) is 16.9 Å². The molecule has 0 aromatic heterocycles. The fourth-order valence-corrected chi connectivity index (χ4v) is 4.09. The Kier molecular flexibility index (Phi) is 5.83. The second-order valence-electron chi connectivity index (χ2n) is 5.63. The van der Waals surface area contributed by atoms with Crippen LogP contribution in [0.1, 0.15) is 44.9 Å². The summed E-state index contributed by atoms with van der Waals surface area (Å²) >= 11 is 1.92. The maximum absolute atomic E-state index is 12.1. The Hall–Kier alpha value is -0.220. The van der Waals surface area contributed by atoms with Crippen molar-refractivity contribution in [1.82, 2.24) is 10.6 Å². The van der Waals surface area contributed by atoms with Crippen LogP contribution in [0.25, 0.3) is 0 Å². The van der Waals surface area contributed by atoms with Crippen molar-refractivity contribution in [3.05, 3.63) is 0 Å². The number of thioether (sulfide) groups is 1. The zero-order chi connectivity index (χ0) is 12.8. The molecule has 0 aromatic rings. The van der Waals surface area contributed by atoms with Crippen LogP contribution < -0.4 is 10.6 Å². The van der Waals surface area contributed by atoms with Gasteiger partial charge < -0.3 is 10.6 Å². The first-order valence-electron chi connectivity index (χ1n) is 7.32. The highest BCUT2D eigenvalue weighted by Gasteiger charge is 2.26. The monoisotopic (exact) mass is 270 g/mol. The van der Waals surface area contributed by atoms with Crippen LogP contribution in [0.15, 0.2) is 0 Å². The molecule has 2 atom stereocenters. The third-order valence-electron chi connectivity index (χ3n) is 4.28. The van der Waals surface area contributed by atoms with Crippen LogP contribution in [-0.4, -0.2) is 36.5 Å². The van der Waals surface area contributed by atoms with E-state index >= 15 is 0 Å². The Bertz CT molecular complexity index is 267. The second kappa shape index (κ2) is 7.39. The van der Waals surface area contributed by atoms with Crippen molar-refractivity contribution in [3.63, 3.8) is 0 Å². The van der Waals surface area contributed by atoms with Crippen molar-refractivity contribution in [3.8, 4) is 0 Å². The highest BCUT2D eigenvalue weighted by atomic mass is 32.2. The van der Waals surface area contributed by atoms with E-state index < -0.39 is 0 Å². The Morgan fingerprint density at radius 2 is 1.94 bits per heavy atom. The maximum atomic E-state index is 12.1. The summed E-state index contributed by atoms with van der Waals surface area (Å²) in [5.74, 6) is 0.885. The molecule has 0 aromatic carbocycles. The molecule has 0 radical (unpaired) electrons. The number of carbonyl (C=O) groups is 1.